The maximum atomic E-state index is 3.66. The van der Waals surface area contributed by atoms with E-state index in [1.807, 2.05) is 0 Å². The van der Waals surface area contributed by atoms with Gasteiger partial charge in [0, 0.05) is 21.9 Å². The molecule has 0 atom stereocenters. The highest BCUT2D eigenvalue weighted by atomic mass is 14.7. The summed E-state index contributed by atoms with van der Waals surface area (Å²) >= 11 is 0. The van der Waals surface area contributed by atoms with Crippen LogP contribution < -0.4 is 0 Å². The average molecular weight is 422 g/mol. The highest BCUT2D eigenvalue weighted by Gasteiger charge is 2.21. The number of aromatic nitrogens is 1. The molecule has 1 aliphatic rings. The Morgan fingerprint density at radius 1 is 0.576 bits per heavy atom. The molecule has 0 bridgehead atoms. The molecule has 1 heterocycles. The highest BCUT2D eigenvalue weighted by Crippen LogP contribution is 2.42. The van der Waals surface area contributed by atoms with E-state index >= 15 is 0 Å². The van der Waals surface area contributed by atoms with Crippen molar-refractivity contribution in [1.82, 2.24) is 4.98 Å². The van der Waals surface area contributed by atoms with Crippen molar-refractivity contribution in [2.24, 2.45) is 0 Å². The van der Waals surface area contributed by atoms with Gasteiger partial charge in [-0.15, -0.1) is 0 Å². The van der Waals surface area contributed by atoms with Gasteiger partial charge in [-0.3, -0.25) is 0 Å². The van der Waals surface area contributed by atoms with Gasteiger partial charge >= 0.3 is 0 Å². The maximum absolute atomic E-state index is 3.66. The van der Waals surface area contributed by atoms with Crippen LogP contribution in [0.2, 0.25) is 0 Å². The van der Waals surface area contributed by atoms with Crippen LogP contribution in [0.3, 0.4) is 0 Å². The predicted octanol–water partition coefficient (Wildman–Crippen LogP) is 8.53. The van der Waals surface area contributed by atoms with E-state index in [4.69, 9.17) is 0 Å². The number of rotatable bonds is 2. The Morgan fingerprint density at radius 3 is 2.24 bits per heavy atom. The number of hydrogen-bond acceptors (Lipinski definition) is 0. The first-order chi connectivity index (χ1) is 16.3. The fraction of sp³-hybridized carbons (Fsp3) is 0.0625. The minimum Gasteiger partial charge on any atom is -0.354 e. The molecule has 1 heteroatoms. The van der Waals surface area contributed by atoms with Crippen LogP contribution in [0, 0.1) is 6.92 Å². The molecule has 1 aromatic heterocycles. The number of fused-ring (bicyclic) bond motifs is 6. The molecule has 7 rings (SSSR count). The van der Waals surface area contributed by atoms with Crippen molar-refractivity contribution in [3.8, 4) is 33.4 Å². The van der Waals surface area contributed by atoms with Gasteiger partial charge in [0.15, 0.2) is 0 Å². The minimum absolute atomic E-state index is 1.01. The first-order valence-corrected chi connectivity index (χ1v) is 11.6. The second-order valence-corrected chi connectivity index (χ2v) is 9.09. The molecule has 33 heavy (non-hydrogen) atoms. The fourth-order valence-electron chi connectivity index (χ4n) is 5.66. The summed E-state index contributed by atoms with van der Waals surface area (Å²) in [5, 5.41) is 2.56. The van der Waals surface area contributed by atoms with E-state index in [-0.39, 0.29) is 0 Å². The van der Waals surface area contributed by atoms with E-state index in [1.54, 1.807) is 0 Å². The van der Waals surface area contributed by atoms with Crippen LogP contribution in [0.4, 0.5) is 0 Å². The Kier molecular flexibility index (Phi) is 3.89. The summed E-state index contributed by atoms with van der Waals surface area (Å²) in [5.41, 5.74) is 14.5. The topological polar surface area (TPSA) is 15.8 Å². The lowest BCUT2D eigenvalue weighted by molar-refractivity contribution is 1.26. The molecule has 1 N–H and O–H groups in total. The Balaban J connectivity index is 1.37. The number of aryl methyl sites for hydroxylation is 1. The molecule has 1 nitrogen and oxygen atoms in total. The van der Waals surface area contributed by atoms with Crippen LogP contribution in [0.25, 0.3) is 55.2 Å². The van der Waals surface area contributed by atoms with Crippen molar-refractivity contribution in [3.05, 3.63) is 120 Å². The quantitative estimate of drug-likeness (QED) is 0.288. The molecular weight excluding hydrogens is 398 g/mol. The zero-order valence-electron chi connectivity index (χ0n) is 18.5. The smallest absolute Gasteiger partial charge is 0.0544 e. The summed E-state index contributed by atoms with van der Waals surface area (Å²) in [4.78, 5) is 3.66. The van der Waals surface area contributed by atoms with Gasteiger partial charge in [-0.25, -0.2) is 0 Å². The van der Waals surface area contributed by atoms with Crippen LogP contribution in [-0.4, -0.2) is 4.98 Å². The molecule has 0 fully saturated rings. The van der Waals surface area contributed by atoms with Gasteiger partial charge in [0.2, 0.25) is 0 Å². The molecular formula is C32H23N. The molecule has 0 spiro atoms. The normalized spacial score (nSPS) is 12.3. The Morgan fingerprint density at radius 2 is 1.30 bits per heavy atom. The van der Waals surface area contributed by atoms with E-state index in [0.29, 0.717) is 0 Å². The lowest BCUT2D eigenvalue weighted by Gasteiger charge is -2.13. The molecule has 1 aliphatic carbocycles. The van der Waals surface area contributed by atoms with E-state index in [2.05, 4.69) is 115 Å². The fourth-order valence-corrected chi connectivity index (χ4v) is 5.66. The van der Waals surface area contributed by atoms with Crippen molar-refractivity contribution < 1.29 is 0 Å². The molecule has 0 radical (unpaired) electrons. The van der Waals surface area contributed by atoms with E-state index in [1.165, 1.54) is 71.9 Å². The van der Waals surface area contributed by atoms with Gasteiger partial charge in [-0.05, 0) is 63.9 Å². The van der Waals surface area contributed by atoms with Gasteiger partial charge in [-0.1, -0.05) is 97.1 Å². The third kappa shape index (κ3) is 2.72. The van der Waals surface area contributed by atoms with Crippen molar-refractivity contribution >= 4 is 21.8 Å². The van der Waals surface area contributed by atoms with Crippen molar-refractivity contribution in [2.75, 3.05) is 0 Å². The largest absolute Gasteiger partial charge is 0.354 e. The number of aromatic amines is 1. The van der Waals surface area contributed by atoms with Crippen molar-refractivity contribution in [2.45, 2.75) is 13.3 Å². The highest BCUT2D eigenvalue weighted by molar-refractivity contribution is 6.12. The lowest BCUT2D eigenvalue weighted by atomic mass is 9.91. The van der Waals surface area contributed by atoms with E-state index < -0.39 is 0 Å². The minimum atomic E-state index is 1.01. The van der Waals surface area contributed by atoms with Crippen LogP contribution in [0.5, 0.6) is 0 Å². The first kappa shape index (κ1) is 18.5. The molecule has 6 aromatic rings. The SMILES string of the molecule is Cc1cc(-c2cccc3c2Cc2ccccc2-3)ccc1-c1cccc2c1[nH]c1ccccc12. The molecule has 0 unspecified atom stereocenters. The summed E-state index contributed by atoms with van der Waals surface area (Å²) < 4.78 is 0. The van der Waals surface area contributed by atoms with Crippen molar-refractivity contribution in [3.63, 3.8) is 0 Å². The molecule has 0 saturated carbocycles. The number of nitrogens with one attached hydrogen (secondary N) is 1. The molecule has 0 aliphatic heterocycles. The van der Waals surface area contributed by atoms with Gasteiger partial charge in [-0.2, -0.15) is 0 Å². The standard InChI is InChI=1S/C32H23N/c1-20-18-22(25-11-6-12-26-24-9-3-2-8-21(24)19-30(25)26)16-17-23(20)28-13-7-14-29-27-10-4-5-15-31(27)33-32(28)29/h2-18,33H,19H2,1H3. The zero-order chi connectivity index (χ0) is 21.9. The summed E-state index contributed by atoms with van der Waals surface area (Å²) in [6.07, 6.45) is 1.01. The summed E-state index contributed by atoms with van der Waals surface area (Å²) in [6, 6.07) is 37.7. The Bertz CT molecular complexity index is 1700. The van der Waals surface area contributed by atoms with E-state index in [0.717, 1.165) is 6.42 Å². The Labute approximate surface area is 193 Å². The van der Waals surface area contributed by atoms with Crippen LogP contribution in [0.1, 0.15) is 16.7 Å². The Hall–Kier alpha value is -4.10. The van der Waals surface area contributed by atoms with Crippen LogP contribution >= 0.6 is 0 Å². The monoisotopic (exact) mass is 421 g/mol. The predicted molar refractivity (Wildman–Crippen MR) is 140 cm³/mol. The lowest BCUT2D eigenvalue weighted by Crippen LogP contribution is -1.91. The van der Waals surface area contributed by atoms with Crippen LogP contribution in [-0.2, 0) is 6.42 Å². The summed E-state index contributed by atoms with van der Waals surface area (Å²) in [7, 11) is 0. The summed E-state index contributed by atoms with van der Waals surface area (Å²) in [5.74, 6) is 0. The number of para-hydroxylation sites is 2. The number of H-pyrrole nitrogens is 1. The second-order valence-electron chi connectivity index (χ2n) is 9.09. The van der Waals surface area contributed by atoms with Gasteiger partial charge in [0.05, 0.1) is 5.52 Å². The number of hydrogen-bond donors (Lipinski definition) is 1. The average Bonchev–Trinajstić information content (AvgIpc) is 3.42. The molecule has 0 saturated heterocycles. The zero-order valence-corrected chi connectivity index (χ0v) is 18.5. The second kappa shape index (κ2) is 6.95. The molecule has 0 amide bonds. The first-order valence-electron chi connectivity index (χ1n) is 11.6. The van der Waals surface area contributed by atoms with Gasteiger partial charge < -0.3 is 4.98 Å². The number of benzene rings is 5. The summed E-state index contributed by atoms with van der Waals surface area (Å²) in [6.45, 7) is 2.23. The van der Waals surface area contributed by atoms with Crippen LogP contribution in [0.15, 0.2) is 103 Å². The third-order valence-corrected chi connectivity index (χ3v) is 7.22. The van der Waals surface area contributed by atoms with Gasteiger partial charge in [0.1, 0.15) is 0 Å². The molecule has 156 valence electrons. The maximum Gasteiger partial charge on any atom is 0.0544 e. The molecule has 5 aromatic carbocycles. The third-order valence-electron chi connectivity index (χ3n) is 7.22. The van der Waals surface area contributed by atoms with E-state index in [9.17, 15) is 0 Å². The van der Waals surface area contributed by atoms with Gasteiger partial charge in [0.25, 0.3) is 0 Å². The van der Waals surface area contributed by atoms with Crippen molar-refractivity contribution in [1.29, 1.82) is 0 Å².